The number of aliphatic carboxylic acids is 1. The molecule has 1 aromatic rings. The molecule has 92 valence electrons. The normalized spacial score (nSPS) is 11.9. The molecule has 2 N–H and O–H groups in total. The average molecular weight is 239 g/mol. The molecule has 17 heavy (non-hydrogen) atoms. The number of carbonyl (C=O) groups is 2. The Hall–Kier alpha value is -1.91. The van der Waals surface area contributed by atoms with E-state index in [1.165, 1.54) is 0 Å². The van der Waals surface area contributed by atoms with Crippen LogP contribution in [0.3, 0.4) is 0 Å². The van der Waals surface area contributed by atoms with Crippen molar-refractivity contribution in [1.82, 2.24) is 5.32 Å². The number of alkyl halides is 1. The maximum Gasteiger partial charge on any atom is 0.328 e. The lowest BCUT2D eigenvalue weighted by molar-refractivity contribution is -0.139. The van der Waals surface area contributed by atoms with Crippen molar-refractivity contribution in [2.75, 3.05) is 6.67 Å². The Morgan fingerprint density at radius 1 is 1.41 bits per heavy atom. The summed E-state index contributed by atoms with van der Waals surface area (Å²) in [7, 11) is 0. The summed E-state index contributed by atoms with van der Waals surface area (Å²) in [5.41, 5.74) is 1.18. The van der Waals surface area contributed by atoms with Crippen LogP contribution in [0.1, 0.15) is 22.8 Å². The van der Waals surface area contributed by atoms with Gasteiger partial charge in [-0.2, -0.15) is 0 Å². The first-order valence-corrected chi connectivity index (χ1v) is 5.27. The predicted molar refractivity (Wildman–Crippen MR) is 60.7 cm³/mol. The van der Waals surface area contributed by atoms with Crippen LogP contribution in [0.15, 0.2) is 24.3 Å². The van der Waals surface area contributed by atoms with Gasteiger partial charge in [-0.1, -0.05) is 25.1 Å². The highest BCUT2D eigenvalue weighted by atomic mass is 19.1. The topological polar surface area (TPSA) is 66.4 Å². The summed E-state index contributed by atoms with van der Waals surface area (Å²) in [6.45, 7) is 0.755. The number of halogens is 1. The standard InChI is InChI=1S/C12H14FNO3/c1-2-8-5-3-4-6-9(8)11(15)14-10(7-13)12(16)17/h3-6,10H,2,7H2,1H3,(H,14,15)(H,16,17). The number of amides is 1. The molecule has 1 rings (SSSR count). The van der Waals surface area contributed by atoms with Crippen LogP contribution in [-0.4, -0.2) is 29.7 Å². The Bertz CT molecular complexity index is 420. The first kappa shape index (κ1) is 13.2. The number of carboxylic acids is 1. The minimum absolute atomic E-state index is 0.384. The monoisotopic (exact) mass is 239 g/mol. The second kappa shape index (κ2) is 5.98. The maximum absolute atomic E-state index is 12.4. The van der Waals surface area contributed by atoms with Crippen molar-refractivity contribution in [2.45, 2.75) is 19.4 Å². The third-order valence-corrected chi connectivity index (χ3v) is 2.40. The zero-order valence-corrected chi connectivity index (χ0v) is 9.44. The molecule has 1 unspecified atom stereocenters. The van der Waals surface area contributed by atoms with Crippen LogP contribution in [0.25, 0.3) is 0 Å². The molecule has 0 saturated carbocycles. The molecule has 0 aliphatic rings. The zero-order chi connectivity index (χ0) is 12.8. The lowest BCUT2D eigenvalue weighted by Gasteiger charge is -2.12. The Labute approximate surface area is 98.5 Å². The Kier molecular flexibility index (Phi) is 4.63. The van der Waals surface area contributed by atoms with Crippen LogP contribution >= 0.6 is 0 Å². The molecule has 0 saturated heterocycles. The first-order valence-electron chi connectivity index (χ1n) is 5.27. The lowest BCUT2D eigenvalue weighted by atomic mass is 10.0. The SMILES string of the molecule is CCc1ccccc1C(=O)NC(CF)C(=O)O. The molecular weight excluding hydrogens is 225 g/mol. The number of carbonyl (C=O) groups excluding carboxylic acids is 1. The van der Waals surface area contributed by atoms with E-state index in [1.54, 1.807) is 24.3 Å². The molecule has 0 aliphatic heterocycles. The molecule has 0 aromatic heterocycles. The van der Waals surface area contributed by atoms with Crippen LogP contribution in [0, 0.1) is 0 Å². The second-order valence-electron chi connectivity index (χ2n) is 3.53. The van der Waals surface area contributed by atoms with Crippen molar-refractivity contribution < 1.29 is 19.1 Å². The molecule has 1 aromatic carbocycles. The van der Waals surface area contributed by atoms with Gasteiger partial charge in [-0.25, -0.2) is 9.18 Å². The van der Waals surface area contributed by atoms with E-state index in [0.717, 1.165) is 5.56 Å². The average Bonchev–Trinajstić information content (AvgIpc) is 2.35. The van der Waals surface area contributed by atoms with E-state index >= 15 is 0 Å². The van der Waals surface area contributed by atoms with Gasteiger partial charge in [-0.05, 0) is 18.1 Å². The third kappa shape index (κ3) is 3.27. The highest BCUT2D eigenvalue weighted by Gasteiger charge is 2.21. The smallest absolute Gasteiger partial charge is 0.328 e. The molecule has 0 radical (unpaired) electrons. The van der Waals surface area contributed by atoms with E-state index in [0.29, 0.717) is 12.0 Å². The first-order chi connectivity index (χ1) is 8.10. The van der Waals surface area contributed by atoms with Gasteiger partial charge < -0.3 is 10.4 Å². The summed E-state index contributed by atoms with van der Waals surface area (Å²) in [5.74, 6) is -1.94. The Morgan fingerprint density at radius 2 is 2.06 bits per heavy atom. The highest BCUT2D eigenvalue weighted by molar-refractivity contribution is 5.97. The number of nitrogens with one attached hydrogen (secondary N) is 1. The predicted octanol–water partition coefficient (Wildman–Crippen LogP) is 1.40. The number of hydrogen-bond acceptors (Lipinski definition) is 2. The summed E-state index contributed by atoms with van der Waals surface area (Å²) in [5, 5.41) is 10.8. The minimum Gasteiger partial charge on any atom is -0.480 e. The second-order valence-corrected chi connectivity index (χ2v) is 3.53. The molecule has 5 heteroatoms. The number of aryl methyl sites for hydroxylation is 1. The van der Waals surface area contributed by atoms with Gasteiger partial charge >= 0.3 is 5.97 Å². The summed E-state index contributed by atoms with van der Waals surface area (Å²) in [4.78, 5) is 22.4. The number of hydrogen-bond donors (Lipinski definition) is 2. The van der Waals surface area contributed by atoms with Crippen molar-refractivity contribution in [3.05, 3.63) is 35.4 Å². The molecule has 0 fully saturated rings. The largest absolute Gasteiger partial charge is 0.480 e. The van der Waals surface area contributed by atoms with Crippen LogP contribution in [-0.2, 0) is 11.2 Å². The fraction of sp³-hybridized carbons (Fsp3) is 0.333. The summed E-state index contributed by atoms with van der Waals surface area (Å²) >= 11 is 0. The number of carboxylic acid groups (broad SMARTS) is 1. The lowest BCUT2D eigenvalue weighted by Crippen LogP contribution is -2.42. The van der Waals surface area contributed by atoms with Crippen LogP contribution in [0.2, 0.25) is 0 Å². The van der Waals surface area contributed by atoms with Gasteiger partial charge in [0.15, 0.2) is 6.04 Å². The highest BCUT2D eigenvalue weighted by Crippen LogP contribution is 2.09. The van der Waals surface area contributed by atoms with Gasteiger partial charge in [-0.15, -0.1) is 0 Å². The molecule has 0 bridgehead atoms. The molecule has 0 heterocycles. The van der Waals surface area contributed by atoms with Gasteiger partial charge in [0.05, 0.1) is 0 Å². The van der Waals surface area contributed by atoms with E-state index in [4.69, 9.17) is 5.11 Å². The summed E-state index contributed by atoms with van der Waals surface area (Å²) in [6, 6.07) is 5.34. The molecule has 1 amide bonds. The third-order valence-electron chi connectivity index (χ3n) is 2.40. The fourth-order valence-electron chi connectivity index (χ4n) is 1.45. The Morgan fingerprint density at radius 3 is 2.59 bits per heavy atom. The van der Waals surface area contributed by atoms with Crippen LogP contribution < -0.4 is 5.32 Å². The Balaban J connectivity index is 2.86. The van der Waals surface area contributed by atoms with Gasteiger partial charge in [0.1, 0.15) is 6.67 Å². The van der Waals surface area contributed by atoms with Crippen molar-refractivity contribution in [2.24, 2.45) is 0 Å². The van der Waals surface area contributed by atoms with Crippen molar-refractivity contribution in [3.8, 4) is 0 Å². The van der Waals surface area contributed by atoms with Crippen LogP contribution in [0.5, 0.6) is 0 Å². The van der Waals surface area contributed by atoms with Crippen molar-refractivity contribution in [1.29, 1.82) is 0 Å². The van der Waals surface area contributed by atoms with Crippen molar-refractivity contribution >= 4 is 11.9 Å². The van der Waals surface area contributed by atoms with Gasteiger partial charge in [-0.3, -0.25) is 4.79 Å². The molecule has 4 nitrogen and oxygen atoms in total. The molecule has 1 atom stereocenters. The van der Waals surface area contributed by atoms with Gasteiger partial charge in [0, 0.05) is 5.56 Å². The van der Waals surface area contributed by atoms with Gasteiger partial charge in [0.2, 0.25) is 0 Å². The maximum atomic E-state index is 12.4. The fourth-order valence-corrected chi connectivity index (χ4v) is 1.45. The quantitative estimate of drug-likeness (QED) is 0.816. The summed E-state index contributed by atoms with van der Waals surface area (Å²) in [6.07, 6.45) is 0.650. The molecule has 0 aliphatic carbocycles. The zero-order valence-electron chi connectivity index (χ0n) is 9.44. The number of rotatable bonds is 5. The van der Waals surface area contributed by atoms with Gasteiger partial charge in [0.25, 0.3) is 5.91 Å². The number of benzene rings is 1. The molecule has 0 spiro atoms. The van der Waals surface area contributed by atoms with E-state index in [-0.39, 0.29) is 0 Å². The van der Waals surface area contributed by atoms with Crippen LogP contribution in [0.4, 0.5) is 4.39 Å². The minimum atomic E-state index is -1.49. The molecular formula is C12H14FNO3. The summed E-state index contributed by atoms with van der Waals surface area (Å²) < 4.78 is 12.4. The van der Waals surface area contributed by atoms with E-state index < -0.39 is 24.6 Å². The van der Waals surface area contributed by atoms with Crippen molar-refractivity contribution in [3.63, 3.8) is 0 Å². The van der Waals surface area contributed by atoms with E-state index in [9.17, 15) is 14.0 Å². The van der Waals surface area contributed by atoms with E-state index in [2.05, 4.69) is 5.32 Å². The van der Waals surface area contributed by atoms with E-state index in [1.807, 2.05) is 6.92 Å².